The van der Waals surface area contributed by atoms with Crippen molar-refractivity contribution in [3.8, 4) is 16.3 Å². The van der Waals surface area contributed by atoms with Crippen LogP contribution < -0.4 is 4.74 Å². The summed E-state index contributed by atoms with van der Waals surface area (Å²) in [6.07, 6.45) is 0.0114. The zero-order chi connectivity index (χ0) is 18.0. The second-order valence-corrected chi connectivity index (χ2v) is 6.53. The van der Waals surface area contributed by atoms with Gasteiger partial charge < -0.3 is 19.5 Å². The zero-order valence-corrected chi connectivity index (χ0v) is 14.7. The lowest BCUT2D eigenvalue weighted by molar-refractivity contribution is -0.141. The number of carboxylic acid groups (broad SMARTS) is 1. The maximum atomic E-state index is 12.7. The molecule has 132 valence electrons. The molecule has 1 fully saturated rings. The second-order valence-electron chi connectivity index (χ2n) is 5.67. The Bertz CT molecular complexity index is 774. The summed E-state index contributed by atoms with van der Waals surface area (Å²) in [6.45, 7) is 0.252. The first-order chi connectivity index (χ1) is 12.0. The fourth-order valence-corrected chi connectivity index (χ4v) is 3.61. The smallest absolute Gasteiger partial charge is 0.326 e. The summed E-state index contributed by atoms with van der Waals surface area (Å²) in [4.78, 5) is 29.8. The molecule has 1 aromatic carbocycles. The van der Waals surface area contributed by atoms with Crippen LogP contribution in [-0.4, -0.2) is 59.8 Å². The summed E-state index contributed by atoms with van der Waals surface area (Å²) in [5.41, 5.74) is 1.12. The molecule has 1 aliphatic heterocycles. The molecule has 1 saturated heterocycles. The predicted molar refractivity (Wildman–Crippen MR) is 92.0 cm³/mol. The van der Waals surface area contributed by atoms with Crippen LogP contribution in [0.15, 0.2) is 29.6 Å². The molecule has 1 aliphatic rings. The minimum atomic E-state index is -1.03. The molecule has 0 spiro atoms. The predicted octanol–water partition coefficient (Wildman–Crippen LogP) is 2.13. The normalized spacial score (nSPS) is 19.8. The number of thiazole rings is 1. The van der Waals surface area contributed by atoms with Gasteiger partial charge in [0.15, 0.2) is 0 Å². The highest BCUT2D eigenvalue weighted by molar-refractivity contribution is 7.13. The topological polar surface area (TPSA) is 89.0 Å². The second kappa shape index (κ2) is 7.20. The number of rotatable bonds is 5. The van der Waals surface area contributed by atoms with Crippen LogP contribution in [0.2, 0.25) is 0 Å². The molecule has 2 aromatic rings. The lowest BCUT2D eigenvalue weighted by Crippen LogP contribution is -2.40. The van der Waals surface area contributed by atoms with Gasteiger partial charge in [-0.05, 0) is 24.3 Å². The van der Waals surface area contributed by atoms with E-state index in [1.807, 2.05) is 24.3 Å². The van der Waals surface area contributed by atoms with Crippen LogP contribution >= 0.6 is 11.3 Å². The first-order valence-electron chi connectivity index (χ1n) is 7.70. The zero-order valence-electron chi connectivity index (χ0n) is 13.8. The van der Waals surface area contributed by atoms with Gasteiger partial charge in [-0.3, -0.25) is 4.79 Å². The van der Waals surface area contributed by atoms with Gasteiger partial charge in [-0.15, -0.1) is 11.3 Å². The van der Waals surface area contributed by atoms with Crippen LogP contribution in [0.4, 0.5) is 0 Å². The molecule has 2 atom stereocenters. The van der Waals surface area contributed by atoms with Crippen molar-refractivity contribution in [1.29, 1.82) is 0 Å². The van der Waals surface area contributed by atoms with E-state index in [4.69, 9.17) is 9.47 Å². The van der Waals surface area contributed by atoms with E-state index in [2.05, 4.69) is 4.98 Å². The Hall–Kier alpha value is -2.45. The largest absolute Gasteiger partial charge is 0.497 e. The minimum Gasteiger partial charge on any atom is -0.497 e. The molecular weight excluding hydrogens is 344 g/mol. The van der Waals surface area contributed by atoms with Crippen molar-refractivity contribution >= 4 is 23.2 Å². The van der Waals surface area contributed by atoms with Gasteiger partial charge in [0.25, 0.3) is 5.91 Å². The molecule has 0 bridgehead atoms. The highest BCUT2D eigenvalue weighted by Crippen LogP contribution is 2.28. The van der Waals surface area contributed by atoms with E-state index in [1.165, 1.54) is 23.3 Å². The number of carboxylic acids is 1. The Kier molecular flexibility index (Phi) is 5.00. The lowest BCUT2D eigenvalue weighted by atomic mass is 10.2. The number of carbonyl (C=O) groups excluding carboxylic acids is 1. The Balaban J connectivity index is 1.81. The quantitative estimate of drug-likeness (QED) is 0.876. The number of hydrogen-bond donors (Lipinski definition) is 1. The van der Waals surface area contributed by atoms with E-state index < -0.39 is 12.0 Å². The third kappa shape index (κ3) is 3.49. The number of ether oxygens (including phenoxy) is 2. The van der Waals surface area contributed by atoms with Crippen molar-refractivity contribution in [1.82, 2.24) is 9.88 Å². The Morgan fingerprint density at radius 1 is 1.28 bits per heavy atom. The number of amides is 1. The number of benzene rings is 1. The number of nitrogens with zero attached hydrogens (tertiary/aromatic N) is 2. The maximum absolute atomic E-state index is 12.7. The summed E-state index contributed by atoms with van der Waals surface area (Å²) in [5.74, 6) is -0.676. The van der Waals surface area contributed by atoms with Gasteiger partial charge in [0.2, 0.25) is 0 Å². The SMILES string of the molecule is COc1ccc(-c2nc(C(=O)N3CC(OC)CC3C(=O)O)cs2)cc1. The number of methoxy groups -OCH3 is 2. The molecule has 1 amide bonds. The van der Waals surface area contributed by atoms with Gasteiger partial charge in [0.1, 0.15) is 22.5 Å². The van der Waals surface area contributed by atoms with Gasteiger partial charge >= 0.3 is 5.97 Å². The van der Waals surface area contributed by atoms with Gasteiger partial charge in [0, 0.05) is 31.0 Å². The summed E-state index contributed by atoms with van der Waals surface area (Å²) in [7, 11) is 3.11. The molecule has 8 heteroatoms. The van der Waals surface area contributed by atoms with Crippen molar-refractivity contribution in [3.63, 3.8) is 0 Å². The molecule has 1 aromatic heterocycles. The van der Waals surface area contributed by atoms with E-state index in [-0.39, 0.29) is 30.7 Å². The molecule has 0 saturated carbocycles. The Labute approximate surface area is 148 Å². The molecule has 0 radical (unpaired) electrons. The standard InChI is InChI=1S/C17H18N2O5S/c1-23-11-5-3-10(4-6-11)15-18-13(9-25-15)16(20)19-8-12(24-2)7-14(19)17(21)22/h3-6,9,12,14H,7-8H2,1-2H3,(H,21,22). The number of aliphatic carboxylic acids is 1. The molecule has 25 heavy (non-hydrogen) atoms. The van der Waals surface area contributed by atoms with E-state index >= 15 is 0 Å². The van der Waals surface area contributed by atoms with Crippen LogP contribution in [0.1, 0.15) is 16.9 Å². The number of likely N-dealkylation sites (tertiary alicyclic amines) is 1. The van der Waals surface area contributed by atoms with Gasteiger partial charge in [-0.2, -0.15) is 0 Å². The molecule has 1 N–H and O–H groups in total. The van der Waals surface area contributed by atoms with Gasteiger partial charge in [0.05, 0.1) is 13.2 Å². The summed E-state index contributed by atoms with van der Waals surface area (Å²) >= 11 is 1.34. The van der Waals surface area contributed by atoms with E-state index in [0.717, 1.165) is 11.3 Å². The van der Waals surface area contributed by atoms with E-state index in [9.17, 15) is 14.7 Å². The summed E-state index contributed by atoms with van der Waals surface area (Å²) in [6, 6.07) is 6.49. The third-order valence-corrected chi connectivity index (χ3v) is 5.09. The maximum Gasteiger partial charge on any atom is 0.326 e. The van der Waals surface area contributed by atoms with Crippen LogP contribution in [0.3, 0.4) is 0 Å². The highest BCUT2D eigenvalue weighted by atomic mass is 32.1. The van der Waals surface area contributed by atoms with Crippen molar-refractivity contribution in [2.45, 2.75) is 18.6 Å². The van der Waals surface area contributed by atoms with E-state index in [1.54, 1.807) is 12.5 Å². The third-order valence-electron chi connectivity index (χ3n) is 4.20. The molecular formula is C17H18N2O5S. The fourth-order valence-electron chi connectivity index (χ4n) is 2.81. The average molecular weight is 362 g/mol. The monoisotopic (exact) mass is 362 g/mol. The molecule has 2 heterocycles. The number of aromatic nitrogens is 1. The summed E-state index contributed by atoms with van der Waals surface area (Å²) < 4.78 is 10.3. The van der Waals surface area contributed by atoms with Gasteiger partial charge in [-0.1, -0.05) is 0 Å². The Morgan fingerprint density at radius 3 is 2.60 bits per heavy atom. The van der Waals surface area contributed by atoms with Crippen LogP contribution in [0.25, 0.3) is 10.6 Å². The average Bonchev–Trinajstić information content (AvgIpc) is 3.28. The molecule has 3 rings (SSSR count). The molecule has 0 aliphatic carbocycles. The van der Waals surface area contributed by atoms with Crippen molar-refractivity contribution < 1.29 is 24.2 Å². The molecule has 2 unspecified atom stereocenters. The highest BCUT2D eigenvalue weighted by Gasteiger charge is 2.40. The number of carbonyl (C=O) groups is 2. The molecule has 7 nitrogen and oxygen atoms in total. The first-order valence-corrected chi connectivity index (χ1v) is 8.58. The van der Waals surface area contributed by atoms with Crippen LogP contribution in [-0.2, 0) is 9.53 Å². The Morgan fingerprint density at radius 2 is 2.00 bits per heavy atom. The number of hydrogen-bond acceptors (Lipinski definition) is 6. The van der Waals surface area contributed by atoms with Crippen molar-refractivity contribution in [2.75, 3.05) is 20.8 Å². The van der Waals surface area contributed by atoms with Gasteiger partial charge in [-0.25, -0.2) is 9.78 Å². The van der Waals surface area contributed by atoms with Crippen LogP contribution in [0.5, 0.6) is 5.75 Å². The van der Waals surface area contributed by atoms with Crippen LogP contribution in [0, 0.1) is 0 Å². The fraction of sp³-hybridized carbons (Fsp3) is 0.353. The van der Waals surface area contributed by atoms with E-state index in [0.29, 0.717) is 5.01 Å². The lowest BCUT2D eigenvalue weighted by Gasteiger charge is -2.19. The first kappa shape index (κ1) is 17.4. The van der Waals surface area contributed by atoms with Crippen molar-refractivity contribution in [3.05, 3.63) is 35.3 Å². The summed E-state index contributed by atoms with van der Waals surface area (Å²) in [5, 5.41) is 11.7. The van der Waals surface area contributed by atoms with Crippen molar-refractivity contribution in [2.24, 2.45) is 0 Å². The minimum absolute atomic E-state index is 0.249.